The highest BCUT2D eigenvalue weighted by Crippen LogP contribution is 2.23. The lowest BCUT2D eigenvalue weighted by Gasteiger charge is -2.18. The number of hydrogen-bond donors (Lipinski definition) is 2. The van der Waals surface area contributed by atoms with Crippen LogP contribution in [0, 0.1) is 6.92 Å². The standard InChI is InChI=1S/C15H21N5O2/c1-3-5-12(9-21)19-15-14(8-16-11(2)18-15)22-10-13-6-4-7-17-20-13/h4,6-8,12,21H,3,5,9-10H2,1-2H3,(H,16,18,19)/t12-/m0/s1. The maximum absolute atomic E-state index is 9.42. The third-order valence-electron chi connectivity index (χ3n) is 3.08. The molecule has 0 aromatic carbocycles. The molecule has 0 amide bonds. The van der Waals surface area contributed by atoms with Crippen molar-refractivity contribution in [3.63, 3.8) is 0 Å². The molecule has 0 aliphatic carbocycles. The van der Waals surface area contributed by atoms with Crippen molar-refractivity contribution in [2.45, 2.75) is 39.3 Å². The molecule has 2 aromatic heterocycles. The average molecular weight is 303 g/mol. The van der Waals surface area contributed by atoms with Crippen LogP contribution in [0.15, 0.2) is 24.5 Å². The van der Waals surface area contributed by atoms with Gasteiger partial charge >= 0.3 is 0 Å². The van der Waals surface area contributed by atoms with Crippen LogP contribution in [0.1, 0.15) is 31.3 Å². The summed E-state index contributed by atoms with van der Waals surface area (Å²) in [6.07, 6.45) is 5.06. The molecule has 0 radical (unpaired) electrons. The van der Waals surface area contributed by atoms with E-state index in [1.54, 1.807) is 18.5 Å². The molecule has 0 spiro atoms. The van der Waals surface area contributed by atoms with E-state index in [1.807, 2.05) is 13.0 Å². The number of nitrogens with zero attached hydrogens (tertiary/aromatic N) is 4. The summed E-state index contributed by atoms with van der Waals surface area (Å²) < 4.78 is 5.73. The summed E-state index contributed by atoms with van der Waals surface area (Å²) in [5.41, 5.74) is 0.723. The monoisotopic (exact) mass is 303 g/mol. The zero-order valence-corrected chi connectivity index (χ0v) is 12.9. The SMILES string of the molecule is CCC[C@@H](CO)Nc1nc(C)ncc1OCc1cccnn1. The van der Waals surface area contributed by atoms with Crippen LogP contribution in [0.2, 0.25) is 0 Å². The lowest BCUT2D eigenvalue weighted by molar-refractivity contribution is 0.266. The molecule has 22 heavy (non-hydrogen) atoms. The van der Waals surface area contributed by atoms with Gasteiger partial charge in [0.15, 0.2) is 11.6 Å². The van der Waals surface area contributed by atoms with Gasteiger partial charge in [-0.3, -0.25) is 0 Å². The fourth-order valence-electron chi connectivity index (χ4n) is 1.98. The predicted molar refractivity (Wildman–Crippen MR) is 82.5 cm³/mol. The highest BCUT2D eigenvalue weighted by molar-refractivity contribution is 5.49. The Kier molecular flexibility index (Phi) is 6.02. The van der Waals surface area contributed by atoms with E-state index in [0.29, 0.717) is 17.4 Å². The van der Waals surface area contributed by atoms with E-state index >= 15 is 0 Å². The molecule has 7 nitrogen and oxygen atoms in total. The third kappa shape index (κ3) is 4.63. The second-order valence-corrected chi connectivity index (χ2v) is 4.95. The molecule has 118 valence electrons. The zero-order valence-electron chi connectivity index (χ0n) is 12.9. The number of aromatic nitrogens is 4. The van der Waals surface area contributed by atoms with Gasteiger partial charge in [-0.1, -0.05) is 13.3 Å². The number of anilines is 1. The van der Waals surface area contributed by atoms with Crippen molar-refractivity contribution < 1.29 is 9.84 Å². The van der Waals surface area contributed by atoms with E-state index in [1.165, 1.54) is 0 Å². The Balaban J connectivity index is 2.09. The summed E-state index contributed by atoms with van der Waals surface area (Å²) in [4.78, 5) is 8.52. The lowest BCUT2D eigenvalue weighted by atomic mass is 10.2. The highest BCUT2D eigenvalue weighted by atomic mass is 16.5. The van der Waals surface area contributed by atoms with Crippen molar-refractivity contribution in [3.05, 3.63) is 36.0 Å². The van der Waals surface area contributed by atoms with Gasteiger partial charge in [-0.15, -0.1) is 0 Å². The zero-order chi connectivity index (χ0) is 15.8. The maximum atomic E-state index is 9.42. The van der Waals surface area contributed by atoms with Crippen LogP contribution >= 0.6 is 0 Å². The molecule has 2 aromatic rings. The van der Waals surface area contributed by atoms with Gasteiger partial charge in [-0.25, -0.2) is 9.97 Å². The first-order chi connectivity index (χ1) is 10.7. The minimum absolute atomic E-state index is 0.0422. The van der Waals surface area contributed by atoms with Crippen LogP contribution < -0.4 is 10.1 Å². The summed E-state index contributed by atoms with van der Waals surface area (Å²) in [5, 5.41) is 20.4. The Morgan fingerprint density at radius 2 is 2.27 bits per heavy atom. The molecule has 0 aliphatic rings. The third-order valence-corrected chi connectivity index (χ3v) is 3.08. The van der Waals surface area contributed by atoms with Crippen molar-refractivity contribution in [3.8, 4) is 5.75 Å². The second kappa shape index (κ2) is 8.23. The molecule has 2 N–H and O–H groups in total. The van der Waals surface area contributed by atoms with Crippen LogP contribution in [0.25, 0.3) is 0 Å². The van der Waals surface area contributed by atoms with E-state index < -0.39 is 0 Å². The number of aliphatic hydroxyl groups is 1. The largest absolute Gasteiger partial charge is 0.482 e. The number of nitrogens with one attached hydrogen (secondary N) is 1. The smallest absolute Gasteiger partial charge is 0.180 e. The minimum Gasteiger partial charge on any atom is -0.482 e. The first kappa shape index (κ1) is 16.1. The number of ether oxygens (including phenoxy) is 1. The number of aryl methyl sites for hydroxylation is 1. The van der Waals surface area contributed by atoms with Gasteiger partial charge in [0.05, 0.1) is 18.8 Å². The first-order valence-corrected chi connectivity index (χ1v) is 7.33. The van der Waals surface area contributed by atoms with Gasteiger partial charge in [-0.2, -0.15) is 10.2 Å². The van der Waals surface area contributed by atoms with Gasteiger partial charge in [0.1, 0.15) is 18.1 Å². The van der Waals surface area contributed by atoms with Gasteiger partial charge in [-0.05, 0) is 25.5 Å². The normalized spacial score (nSPS) is 12.0. The molecule has 0 aliphatic heterocycles. The Labute approximate surface area is 129 Å². The molecule has 1 atom stereocenters. The summed E-state index contributed by atoms with van der Waals surface area (Å²) in [7, 11) is 0. The molecule has 0 fully saturated rings. The van der Waals surface area contributed by atoms with E-state index in [9.17, 15) is 5.11 Å². The minimum atomic E-state index is -0.0573. The van der Waals surface area contributed by atoms with Crippen LogP contribution in [-0.4, -0.2) is 37.9 Å². The van der Waals surface area contributed by atoms with Crippen molar-refractivity contribution >= 4 is 5.82 Å². The van der Waals surface area contributed by atoms with Crippen molar-refractivity contribution in [2.24, 2.45) is 0 Å². The van der Waals surface area contributed by atoms with E-state index in [-0.39, 0.29) is 19.3 Å². The van der Waals surface area contributed by atoms with Gasteiger partial charge < -0.3 is 15.2 Å². The van der Waals surface area contributed by atoms with Crippen molar-refractivity contribution in [1.29, 1.82) is 0 Å². The van der Waals surface area contributed by atoms with Crippen LogP contribution in [0.3, 0.4) is 0 Å². The molecule has 0 saturated carbocycles. The van der Waals surface area contributed by atoms with Crippen LogP contribution in [0.4, 0.5) is 5.82 Å². The van der Waals surface area contributed by atoms with Crippen LogP contribution in [0.5, 0.6) is 5.75 Å². The number of aliphatic hydroxyl groups excluding tert-OH is 1. The molecule has 0 bridgehead atoms. The Hall–Kier alpha value is -2.28. The van der Waals surface area contributed by atoms with Crippen molar-refractivity contribution in [1.82, 2.24) is 20.2 Å². The Bertz CT molecular complexity index is 579. The second-order valence-electron chi connectivity index (χ2n) is 4.95. The van der Waals surface area contributed by atoms with Gasteiger partial charge in [0, 0.05) is 6.20 Å². The fraction of sp³-hybridized carbons (Fsp3) is 0.467. The Morgan fingerprint density at radius 1 is 1.41 bits per heavy atom. The first-order valence-electron chi connectivity index (χ1n) is 7.33. The molecule has 2 rings (SSSR count). The molecule has 0 saturated heterocycles. The molecule has 2 heterocycles. The number of hydrogen-bond acceptors (Lipinski definition) is 7. The number of rotatable bonds is 8. The molecular formula is C15H21N5O2. The quantitative estimate of drug-likeness (QED) is 0.767. The predicted octanol–water partition coefficient (Wildman–Crippen LogP) is 1.73. The molecular weight excluding hydrogens is 282 g/mol. The van der Waals surface area contributed by atoms with Gasteiger partial charge in [0.2, 0.25) is 0 Å². The van der Waals surface area contributed by atoms with Crippen molar-refractivity contribution in [2.75, 3.05) is 11.9 Å². The topological polar surface area (TPSA) is 93.0 Å². The van der Waals surface area contributed by atoms with E-state index in [4.69, 9.17) is 4.74 Å². The Morgan fingerprint density at radius 3 is 2.95 bits per heavy atom. The molecule has 0 unspecified atom stereocenters. The summed E-state index contributed by atoms with van der Waals surface area (Å²) in [6.45, 7) is 4.21. The fourth-order valence-corrected chi connectivity index (χ4v) is 1.98. The van der Waals surface area contributed by atoms with Crippen LogP contribution in [-0.2, 0) is 6.61 Å². The summed E-state index contributed by atoms with van der Waals surface area (Å²) >= 11 is 0. The lowest BCUT2D eigenvalue weighted by Crippen LogP contribution is -2.24. The molecule has 7 heteroatoms. The summed E-state index contributed by atoms with van der Waals surface area (Å²) in [6, 6.07) is 3.58. The highest BCUT2D eigenvalue weighted by Gasteiger charge is 2.13. The van der Waals surface area contributed by atoms with E-state index in [0.717, 1.165) is 18.5 Å². The maximum Gasteiger partial charge on any atom is 0.180 e. The van der Waals surface area contributed by atoms with Gasteiger partial charge in [0.25, 0.3) is 0 Å². The average Bonchev–Trinajstić information content (AvgIpc) is 2.54. The summed E-state index contributed by atoms with van der Waals surface area (Å²) in [5.74, 6) is 1.76. The van der Waals surface area contributed by atoms with E-state index in [2.05, 4.69) is 32.4 Å².